The Labute approximate surface area is 160 Å². The van der Waals surface area contributed by atoms with E-state index in [0.717, 1.165) is 17.8 Å². The van der Waals surface area contributed by atoms with Crippen molar-refractivity contribution in [2.24, 2.45) is 0 Å². The van der Waals surface area contributed by atoms with Gasteiger partial charge in [0.25, 0.3) is 0 Å². The Morgan fingerprint density at radius 3 is 2.57 bits per heavy atom. The number of nitrogens with zero attached hydrogens (tertiary/aromatic N) is 2. The summed E-state index contributed by atoms with van der Waals surface area (Å²) in [4.78, 5) is 4.57. The molecule has 2 aromatic carbocycles. The molecule has 0 saturated heterocycles. The normalized spacial score (nSPS) is 14.9. The first-order valence-electron chi connectivity index (χ1n) is 9.10. The van der Waals surface area contributed by atoms with Gasteiger partial charge >= 0.3 is 6.18 Å². The van der Waals surface area contributed by atoms with Gasteiger partial charge in [-0.1, -0.05) is 0 Å². The van der Waals surface area contributed by atoms with Crippen LogP contribution < -0.4 is 14.8 Å². The van der Waals surface area contributed by atoms with Gasteiger partial charge in [0.1, 0.15) is 19.0 Å². The molecule has 0 aliphatic carbocycles. The number of benzene rings is 2. The van der Waals surface area contributed by atoms with Crippen LogP contribution in [0, 0.1) is 0 Å². The molecule has 0 amide bonds. The highest BCUT2D eigenvalue weighted by Crippen LogP contribution is 2.35. The third-order valence-corrected chi connectivity index (χ3v) is 4.73. The van der Waals surface area contributed by atoms with Crippen LogP contribution in [0.15, 0.2) is 36.4 Å². The molecule has 0 saturated carbocycles. The van der Waals surface area contributed by atoms with Crippen molar-refractivity contribution >= 4 is 16.7 Å². The van der Waals surface area contributed by atoms with Crippen LogP contribution in [-0.2, 0) is 12.7 Å². The molecule has 8 heteroatoms. The average Bonchev–Trinajstić information content (AvgIpc) is 3.05. The zero-order valence-corrected chi connectivity index (χ0v) is 15.5. The molecule has 1 aliphatic heterocycles. The van der Waals surface area contributed by atoms with Gasteiger partial charge in [-0.2, -0.15) is 13.2 Å². The topological polar surface area (TPSA) is 48.3 Å². The van der Waals surface area contributed by atoms with E-state index < -0.39 is 11.7 Å². The van der Waals surface area contributed by atoms with Gasteiger partial charge < -0.3 is 19.4 Å². The molecule has 148 valence electrons. The van der Waals surface area contributed by atoms with Crippen LogP contribution in [0.25, 0.3) is 11.0 Å². The Morgan fingerprint density at radius 2 is 1.86 bits per heavy atom. The summed E-state index contributed by atoms with van der Waals surface area (Å²) in [5.74, 6) is 2.04. The molecule has 0 radical (unpaired) electrons. The van der Waals surface area contributed by atoms with Crippen molar-refractivity contribution in [3.05, 3.63) is 47.8 Å². The Morgan fingerprint density at radius 1 is 1.11 bits per heavy atom. The standard InChI is InChI=1S/C20H20F3N3O2/c1-3-26-16-10-13(20(21,22)23)4-6-15(16)25-19(26)12(2)24-14-5-7-17-18(11-14)28-9-8-27-17/h4-7,10-12,24H,3,8-9H2,1-2H3. The number of halogens is 3. The Balaban J connectivity index is 1.66. The predicted molar refractivity (Wildman–Crippen MR) is 99.9 cm³/mol. The zero-order chi connectivity index (χ0) is 19.9. The quantitative estimate of drug-likeness (QED) is 0.679. The van der Waals surface area contributed by atoms with Gasteiger partial charge in [0.15, 0.2) is 11.5 Å². The highest BCUT2D eigenvalue weighted by atomic mass is 19.4. The fourth-order valence-electron chi connectivity index (χ4n) is 3.43. The molecule has 4 rings (SSSR count). The van der Waals surface area contributed by atoms with Crippen molar-refractivity contribution in [1.82, 2.24) is 9.55 Å². The van der Waals surface area contributed by atoms with Gasteiger partial charge in [-0.05, 0) is 44.2 Å². The lowest BCUT2D eigenvalue weighted by atomic mass is 10.2. The molecule has 1 N–H and O–H groups in total. The molecule has 0 fully saturated rings. The largest absolute Gasteiger partial charge is 0.486 e. The van der Waals surface area contributed by atoms with Gasteiger partial charge in [-0.25, -0.2) is 4.98 Å². The number of nitrogens with one attached hydrogen (secondary N) is 1. The lowest BCUT2D eigenvalue weighted by molar-refractivity contribution is -0.137. The van der Waals surface area contributed by atoms with Crippen molar-refractivity contribution in [3.8, 4) is 11.5 Å². The molecule has 5 nitrogen and oxygen atoms in total. The highest BCUT2D eigenvalue weighted by molar-refractivity contribution is 5.77. The van der Waals surface area contributed by atoms with Crippen LogP contribution in [0.4, 0.5) is 18.9 Å². The molecule has 3 aromatic rings. The summed E-state index contributed by atoms with van der Waals surface area (Å²) >= 11 is 0. The monoisotopic (exact) mass is 391 g/mol. The SMILES string of the molecule is CCn1c(C(C)Nc2ccc3c(c2)OCCO3)nc2ccc(C(F)(F)F)cc21. The minimum Gasteiger partial charge on any atom is -0.486 e. The highest BCUT2D eigenvalue weighted by Gasteiger charge is 2.31. The summed E-state index contributed by atoms with van der Waals surface area (Å²) in [6.07, 6.45) is -4.38. The van der Waals surface area contributed by atoms with E-state index in [9.17, 15) is 13.2 Å². The van der Waals surface area contributed by atoms with Crippen LogP contribution in [0.2, 0.25) is 0 Å². The van der Waals surface area contributed by atoms with E-state index in [0.29, 0.717) is 48.1 Å². The number of rotatable bonds is 4. The molecular formula is C20H20F3N3O2. The number of hydrogen-bond donors (Lipinski definition) is 1. The minimum absolute atomic E-state index is 0.218. The summed E-state index contributed by atoms with van der Waals surface area (Å²) in [6.45, 7) is 5.35. The van der Waals surface area contributed by atoms with E-state index >= 15 is 0 Å². The van der Waals surface area contributed by atoms with E-state index in [1.54, 1.807) is 4.57 Å². The lowest BCUT2D eigenvalue weighted by Crippen LogP contribution is -2.16. The van der Waals surface area contributed by atoms with Gasteiger partial charge in [0, 0.05) is 18.3 Å². The molecule has 1 aliphatic rings. The first-order valence-corrected chi connectivity index (χ1v) is 9.10. The third-order valence-electron chi connectivity index (χ3n) is 4.73. The zero-order valence-electron chi connectivity index (χ0n) is 15.5. The Kier molecular flexibility index (Phi) is 4.56. The minimum atomic E-state index is -4.38. The van der Waals surface area contributed by atoms with Gasteiger partial charge in [0.05, 0.1) is 22.6 Å². The number of ether oxygens (including phenoxy) is 2. The summed E-state index contributed by atoms with van der Waals surface area (Å²) < 4.78 is 52.2. The Hall–Kier alpha value is -2.90. The van der Waals surface area contributed by atoms with Crippen molar-refractivity contribution in [2.75, 3.05) is 18.5 Å². The number of fused-ring (bicyclic) bond motifs is 2. The van der Waals surface area contributed by atoms with Crippen LogP contribution >= 0.6 is 0 Å². The van der Waals surface area contributed by atoms with Crippen molar-refractivity contribution < 1.29 is 22.6 Å². The second-order valence-electron chi connectivity index (χ2n) is 6.64. The maximum Gasteiger partial charge on any atom is 0.416 e. The van der Waals surface area contributed by atoms with Gasteiger partial charge in [-0.15, -0.1) is 0 Å². The third kappa shape index (κ3) is 3.34. The number of aryl methyl sites for hydroxylation is 1. The molecule has 1 aromatic heterocycles. The molecule has 1 unspecified atom stereocenters. The van der Waals surface area contributed by atoms with E-state index in [1.807, 2.05) is 32.0 Å². The maximum absolute atomic E-state index is 13.1. The number of aromatic nitrogens is 2. The van der Waals surface area contributed by atoms with Crippen molar-refractivity contribution in [2.45, 2.75) is 32.6 Å². The fraction of sp³-hybridized carbons (Fsp3) is 0.350. The molecule has 28 heavy (non-hydrogen) atoms. The summed E-state index contributed by atoms with van der Waals surface area (Å²) in [5, 5.41) is 3.35. The van der Waals surface area contributed by atoms with E-state index in [1.165, 1.54) is 6.07 Å². The summed E-state index contributed by atoms with van der Waals surface area (Å²) in [6, 6.07) is 9.00. The fourth-order valence-corrected chi connectivity index (χ4v) is 3.43. The number of alkyl halides is 3. The summed E-state index contributed by atoms with van der Waals surface area (Å²) in [7, 11) is 0. The second kappa shape index (κ2) is 6.92. The van der Waals surface area contributed by atoms with Crippen LogP contribution in [0.3, 0.4) is 0 Å². The molecular weight excluding hydrogens is 371 g/mol. The number of imidazole rings is 1. The van der Waals surface area contributed by atoms with E-state index in [-0.39, 0.29) is 6.04 Å². The second-order valence-corrected chi connectivity index (χ2v) is 6.64. The van der Waals surface area contributed by atoms with E-state index in [4.69, 9.17) is 9.47 Å². The molecule has 0 spiro atoms. The smallest absolute Gasteiger partial charge is 0.416 e. The van der Waals surface area contributed by atoms with Gasteiger partial charge in [0.2, 0.25) is 0 Å². The number of hydrogen-bond acceptors (Lipinski definition) is 4. The summed E-state index contributed by atoms with van der Waals surface area (Å²) in [5.41, 5.74) is 1.17. The average molecular weight is 391 g/mol. The number of anilines is 1. The van der Waals surface area contributed by atoms with Crippen molar-refractivity contribution in [1.29, 1.82) is 0 Å². The van der Waals surface area contributed by atoms with Gasteiger partial charge in [-0.3, -0.25) is 0 Å². The molecule has 0 bridgehead atoms. The Bertz CT molecular complexity index is 1010. The van der Waals surface area contributed by atoms with E-state index in [2.05, 4.69) is 10.3 Å². The predicted octanol–water partition coefficient (Wildman–Crippen LogP) is 5.02. The molecule has 2 heterocycles. The maximum atomic E-state index is 13.1. The molecule has 1 atom stereocenters. The van der Waals surface area contributed by atoms with Crippen LogP contribution in [-0.4, -0.2) is 22.8 Å². The van der Waals surface area contributed by atoms with Crippen LogP contribution in [0.5, 0.6) is 11.5 Å². The van der Waals surface area contributed by atoms with Crippen LogP contribution in [0.1, 0.15) is 31.3 Å². The first kappa shape index (κ1) is 18.5. The lowest BCUT2D eigenvalue weighted by Gasteiger charge is -2.21. The first-order chi connectivity index (χ1) is 13.4. The van der Waals surface area contributed by atoms with Crippen molar-refractivity contribution in [3.63, 3.8) is 0 Å².